The molecule has 0 aromatic heterocycles. The number of hydrogen-bond acceptors (Lipinski definition) is 3. The Morgan fingerprint density at radius 2 is 1.43 bits per heavy atom. The first-order valence-electron chi connectivity index (χ1n) is 5.92. The summed E-state index contributed by atoms with van der Waals surface area (Å²) in [6, 6.07) is 0.615. The molecule has 0 aliphatic heterocycles. The summed E-state index contributed by atoms with van der Waals surface area (Å²) in [5.41, 5.74) is 0. The van der Waals surface area contributed by atoms with Crippen LogP contribution in [0.3, 0.4) is 0 Å². The Morgan fingerprint density at radius 1 is 0.857 bits per heavy atom. The van der Waals surface area contributed by atoms with E-state index >= 15 is 0 Å². The zero-order chi connectivity index (χ0) is 10.6. The molecule has 0 saturated carbocycles. The zero-order valence-electron chi connectivity index (χ0n) is 10.0. The van der Waals surface area contributed by atoms with Crippen LogP contribution in [0.1, 0.15) is 33.6 Å². The molecular weight excluding hydrogens is 174 g/mol. The third-order valence-corrected chi connectivity index (χ3v) is 2.04. The monoisotopic (exact) mass is 201 g/mol. The highest BCUT2D eigenvalue weighted by atomic mass is 14.9. The lowest BCUT2D eigenvalue weighted by Gasteiger charge is -2.08. The maximum absolute atomic E-state index is 3.44. The number of nitrogens with one attached hydrogen (secondary N) is 3. The second-order valence-corrected chi connectivity index (χ2v) is 3.92. The summed E-state index contributed by atoms with van der Waals surface area (Å²) in [6.45, 7) is 12.1. The highest BCUT2D eigenvalue weighted by Gasteiger charge is 1.91. The van der Waals surface area contributed by atoms with Gasteiger partial charge >= 0.3 is 0 Å². The van der Waals surface area contributed by atoms with Crippen LogP contribution in [0.5, 0.6) is 0 Å². The average molecular weight is 201 g/mol. The molecule has 0 atom stereocenters. The molecule has 0 aliphatic carbocycles. The molecule has 0 heterocycles. The fraction of sp³-hybridized carbons (Fsp3) is 1.00. The lowest BCUT2D eigenvalue weighted by molar-refractivity contribution is 0.539. The van der Waals surface area contributed by atoms with Crippen molar-refractivity contribution in [3.8, 4) is 0 Å². The summed E-state index contributed by atoms with van der Waals surface area (Å²) in [7, 11) is 0. The third-order valence-electron chi connectivity index (χ3n) is 2.04. The van der Waals surface area contributed by atoms with Crippen molar-refractivity contribution in [3.63, 3.8) is 0 Å². The molecule has 0 radical (unpaired) electrons. The van der Waals surface area contributed by atoms with E-state index in [-0.39, 0.29) is 0 Å². The summed E-state index contributed by atoms with van der Waals surface area (Å²) < 4.78 is 0. The van der Waals surface area contributed by atoms with Crippen LogP contribution in [0.25, 0.3) is 0 Å². The molecule has 0 fully saturated rings. The van der Waals surface area contributed by atoms with Gasteiger partial charge in [0.25, 0.3) is 0 Å². The van der Waals surface area contributed by atoms with Crippen molar-refractivity contribution in [3.05, 3.63) is 0 Å². The van der Waals surface area contributed by atoms with Crippen molar-refractivity contribution >= 4 is 0 Å². The van der Waals surface area contributed by atoms with Gasteiger partial charge in [0.1, 0.15) is 0 Å². The maximum atomic E-state index is 3.44. The van der Waals surface area contributed by atoms with Crippen molar-refractivity contribution in [2.75, 3.05) is 32.7 Å². The Kier molecular flexibility index (Phi) is 10.9. The minimum Gasteiger partial charge on any atom is -0.317 e. The van der Waals surface area contributed by atoms with E-state index in [1.54, 1.807) is 0 Å². The molecule has 0 amide bonds. The van der Waals surface area contributed by atoms with E-state index in [0.29, 0.717) is 6.04 Å². The molecule has 0 saturated heterocycles. The lowest BCUT2D eigenvalue weighted by Crippen LogP contribution is -2.28. The normalized spacial score (nSPS) is 11.1. The Morgan fingerprint density at radius 3 is 2.00 bits per heavy atom. The topological polar surface area (TPSA) is 36.1 Å². The Hall–Kier alpha value is -0.120. The lowest BCUT2D eigenvalue weighted by atomic mass is 10.3. The Balaban J connectivity index is 2.85. The minimum absolute atomic E-state index is 0.615. The van der Waals surface area contributed by atoms with Gasteiger partial charge in [-0.25, -0.2) is 0 Å². The van der Waals surface area contributed by atoms with E-state index in [2.05, 4.69) is 36.7 Å². The average Bonchev–Trinajstić information content (AvgIpc) is 2.15. The van der Waals surface area contributed by atoms with E-state index in [1.807, 2.05) is 0 Å². The summed E-state index contributed by atoms with van der Waals surface area (Å²) in [5, 5.41) is 10.2. The molecule has 3 N–H and O–H groups in total. The maximum Gasteiger partial charge on any atom is 0.00103 e. The van der Waals surface area contributed by atoms with E-state index in [0.717, 1.165) is 32.7 Å². The second kappa shape index (κ2) is 11.0. The van der Waals surface area contributed by atoms with Crippen molar-refractivity contribution in [2.24, 2.45) is 0 Å². The van der Waals surface area contributed by atoms with Crippen LogP contribution >= 0.6 is 0 Å². The van der Waals surface area contributed by atoms with E-state index in [1.165, 1.54) is 12.8 Å². The van der Waals surface area contributed by atoms with Gasteiger partial charge in [0, 0.05) is 6.04 Å². The Bertz CT molecular complexity index is 105. The largest absolute Gasteiger partial charge is 0.317 e. The molecule has 86 valence electrons. The fourth-order valence-corrected chi connectivity index (χ4v) is 1.24. The SMILES string of the molecule is CCNCCCNCCCNC(C)C. The van der Waals surface area contributed by atoms with Gasteiger partial charge in [-0.1, -0.05) is 20.8 Å². The van der Waals surface area contributed by atoms with Crippen LogP contribution in [-0.2, 0) is 0 Å². The molecule has 0 aromatic rings. The highest BCUT2D eigenvalue weighted by Crippen LogP contribution is 1.80. The molecule has 14 heavy (non-hydrogen) atoms. The molecule has 0 bridgehead atoms. The quantitative estimate of drug-likeness (QED) is 0.461. The highest BCUT2D eigenvalue weighted by molar-refractivity contribution is 4.55. The second-order valence-electron chi connectivity index (χ2n) is 3.92. The van der Waals surface area contributed by atoms with Gasteiger partial charge in [-0.2, -0.15) is 0 Å². The predicted molar refractivity (Wildman–Crippen MR) is 63.8 cm³/mol. The molecule has 0 aliphatic rings. The smallest absolute Gasteiger partial charge is 0.00103 e. The van der Waals surface area contributed by atoms with Gasteiger partial charge in [0.15, 0.2) is 0 Å². The van der Waals surface area contributed by atoms with Gasteiger partial charge in [-0.3, -0.25) is 0 Å². The number of hydrogen-bond donors (Lipinski definition) is 3. The van der Waals surface area contributed by atoms with Crippen LogP contribution in [0, 0.1) is 0 Å². The molecule has 0 spiro atoms. The van der Waals surface area contributed by atoms with Gasteiger partial charge < -0.3 is 16.0 Å². The van der Waals surface area contributed by atoms with Gasteiger partial charge in [-0.15, -0.1) is 0 Å². The van der Waals surface area contributed by atoms with Crippen LogP contribution in [0.4, 0.5) is 0 Å². The van der Waals surface area contributed by atoms with Gasteiger partial charge in [-0.05, 0) is 45.6 Å². The van der Waals surface area contributed by atoms with Crippen molar-refractivity contribution in [1.82, 2.24) is 16.0 Å². The van der Waals surface area contributed by atoms with Crippen LogP contribution in [-0.4, -0.2) is 38.8 Å². The van der Waals surface area contributed by atoms with E-state index in [4.69, 9.17) is 0 Å². The summed E-state index contributed by atoms with van der Waals surface area (Å²) in [5.74, 6) is 0. The fourth-order valence-electron chi connectivity index (χ4n) is 1.24. The molecule has 0 aromatic carbocycles. The predicted octanol–water partition coefficient (Wildman–Crippen LogP) is 0.964. The molecule has 3 heteroatoms. The minimum atomic E-state index is 0.615. The first-order chi connectivity index (χ1) is 6.77. The van der Waals surface area contributed by atoms with Crippen LogP contribution < -0.4 is 16.0 Å². The summed E-state index contributed by atoms with van der Waals surface area (Å²) >= 11 is 0. The summed E-state index contributed by atoms with van der Waals surface area (Å²) in [6.07, 6.45) is 2.45. The van der Waals surface area contributed by atoms with Crippen LogP contribution in [0.15, 0.2) is 0 Å². The third kappa shape index (κ3) is 11.9. The van der Waals surface area contributed by atoms with Crippen molar-refractivity contribution in [2.45, 2.75) is 39.7 Å². The van der Waals surface area contributed by atoms with Crippen LogP contribution in [0.2, 0.25) is 0 Å². The standard InChI is InChI=1S/C11H27N3/c1-4-12-7-5-8-13-9-6-10-14-11(2)3/h11-14H,4-10H2,1-3H3. The Labute approximate surface area is 89.0 Å². The zero-order valence-corrected chi connectivity index (χ0v) is 10.0. The van der Waals surface area contributed by atoms with Crippen molar-refractivity contribution < 1.29 is 0 Å². The number of rotatable bonds is 10. The van der Waals surface area contributed by atoms with E-state index in [9.17, 15) is 0 Å². The van der Waals surface area contributed by atoms with Crippen molar-refractivity contribution in [1.29, 1.82) is 0 Å². The van der Waals surface area contributed by atoms with E-state index < -0.39 is 0 Å². The molecule has 0 rings (SSSR count). The van der Waals surface area contributed by atoms with Gasteiger partial charge in [0.05, 0.1) is 0 Å². The first kappa shape index (κ1) is 13.9. The summed E-state index contributed by atoms with van der Waals surface area (Å²) in [4.78, 5) is 0. The molecule has 0 unspecified atom stereocenters. The van der Waals surface area contributed by atoms with Gasteiger partial charge in [0.2, 0.25) is 0 Å². The molecular formula is C11H27N3. The first-order valence-corrected chi connectivity index (χ1v) is 5.92. The molecule has 3 nitrogen and oxygen atoms in total.